The van der Waals surface area contributed by atoms with Crippen molar-refractivity contribution < 1.29 is 4.74 Å². The van der Waals surface area contributed by atoms with E-state index in [0.717, 1.165) is 24.3 Å². The van der Waals surface area contributed by atoms with Crippen molar-refractivity contribution in [2.75, 3.05) is 26.7 Å². The molecule has 2 fully saturated rings. The molecule has 2 unspecified atom stereocenters. The lowest BCUT2D eigenvalue weighted by molar-refractivity contribution is 0.109. The van der Waals surface area contributed by atoms with Crippen molar-refractivity contribution in [1.82, 2.24) is 10.2 Å². The van der Waals surface area contributed by atoms with E-state index in [9.17, 15) is 0 Å². The first-order valence-corrected chi connectivity index (χ1v) is 7.44. The van der Waals surface area contributed by atoms with Gasteiger partial charge in [-0.15, -0.1) is 0 Å². The van der Waals surface area contributed by atoms with Gasteiger partial charge in [0.05, 0.1) is 7.11 Å². The van der Waals surface area contributed by atoms with E-state index in [4.69, 9.17) is 4.74 Å². The number of piperidine rings is 2. The highest BCUT2D eigenvalue weighted by Crippen LogP contribution is 2.26. The molecule has 3 nitrogen and oxygen atoms in total. The second-order valence-corrected chi connectivity index (χ2v) is 5.84. The molecule has 104 valence electrons. The summed E-state index contributed by atoms with van der Waals surface area (Å²) in [6, 6.07) is 9.23. The minimum atomic E-state index is 0.773. The van der Waals surface area contributed by atoms with Gasteiger partial charge in [0.1, 0.15) is 5.75 Å². The van der Waals surface area contributed by atoms with Gasteiger partial charge < -0.3 is 10.1 Å². The summed E-state index contributed by atoms with van der Waals surface area (Å²) >= 11 is 0. The molecular weight excluding hydrogens is 236 g/mol. The van der Waals surface area contributed by atoms with Crippen LogP contribution in [0.5, 0.6) is 5.75 Å². The molecule has 0 saturated carbocycles. The van der Waals surface area contributed by atoms with E-state index in [1.807, 2.05) is 6.07 Å². The van der Waals surface area contributed by atoms with Crippen LogP contribution in [0.15, 0.2) is 24.3 Å². The van der Waals surface area contributed by atoms with Gasteiger partial charge in [0.15, 0.2) is 0 Å². The van der Waals surface area contributed by atoms with Crippen LogP contribution < -0.4 is 10.1 Å². The lowest BCUT2D eigenvalue weighted by atomic mass is 9.85. The molecule has 2 aliphatic rings. The van der Waals surface area contributed by atoms with Gasteiger partial charge in [0, 0.05) is 19.1 Å². The lowest BCUT2D eigenvalue weighted by Crippen LogP contribution is -2.51. The first-order chi connectivity index (χ1) is 9.35. The van der Waals surface area contributed by atoms with Crippen LogP contribution in [0.1, 0.15) is 24.8 Å². The fourth-order valence-corrected chi connectivity index (χ4v) is 3.49. The minimum Gasteiger partial charge on any atom is -0.497 e. The Morgan fingerprint density at radius 1 is 1.37 bits per heavy atom. The second-order valence-electron chi connectivity index (χ2n) is 5.84. The number of benzene rings is 1. The third kappa shape index (κ3) is 3.10. The van der Waals surface area contributed by atoms with Gasteiger partial charge in [-0.05, 0) is 56.0 Å². The summed E-state index contributed by atoms with van der Waals surface area (Å²) in [6.07, 6.45) is 4.04. The Labute approximate surface area is 115 Å². The number of hydrogen-bond acceptors (Lipinski definition) is 3. The topological polar surface area (TPSA) is 24.5 Å². The van der Waals surface area contributed by atoms with Crippen LogP contribution >= 0.6 is 0 Å². The van der Waals surface area contributed by atoms with Gasteiger partial charge in [-0.25, -0.2) is 0 Å². The van der Waals surface area contributed by atoms with E-state index in [2.05, 4.69) is 28.4 Å². The number of rotatable bonds is 3. The molecule has 19 heavy (non-hydrogen) atoms. The van der Waals surface area contributed by atoms with Crippen LogP contribution in [0, 0.1) is 5.92 Å². The Balaban J connectivity index is 1.60. The number of fused-ring (bicyclic) bond motifs is 1. The molecule has 2 atom stereocenters. The molecule has 0 aromatic heterocycles. The molecule has 2 aliphatic heterocycles. The summed E-state index contributed by atoms with van der Waals surface area (Å²) in [5.41, 5.74) is 1.36. The Morgan fingerprint density at radius 2 is 2.32 bits per heavy atom. The van der Waals surface area contributed by atoms with E-state index < -0.39 is 0 Å². The Morgan fingerprint density at radius 3 is 3.21 bits per heavy atom. The molecule has 2 saturated heterocycles. The van der Waals surface area contributed by atoms with Crippen molar-refractivity contribution in [2.24, 2.45) is 5.92 Å². The van der Waals surface area contributed by atoms with Crippen LogP contribution in [0.3, 0.4) is 0 Å². The number of hydrogen-bond donors (Lipinski definition) is 1. The van der Waals surface area contributed by atoms with E-state index in [1.54, 1.807) is 7.11 Å². The molecule has 3 heteroatoms. The van der Waals surface area contributed by atoms with Crippen LogP contribution in [-0.2, 0) is 6.54 Å². The smallest absolute Gasteiger partial charge is 0.119 e. The van der Waals surface area contributed by atoms with Gasteiger partial charge in [-0.3, -0.25) is 4.90 Å². The standard InChI is InChI=1S/C16H24N2O/c1-19-15-6-2-4-13(10-15)11-18-9-7-16-14(12-18)5-3-8-17-16/h2,4,6,10,14,16-17H,3,5,7-9,11-12H2,1H3. The third-order valence-corrected chi connectivity index (χ3v) is 4.52. The number of likely N-dealkylation sites (tertiary alicyclic amines) is 1. The summed E-state index contributed by atoms with van der Waals surface area (Å²) in [5, 5.41) is 3.68. The predicted octanol–water partition coefficient (Wildman–Crippen LogP) is 2.27. The molecule has 2 heterocycles. The SMILES string of the molecule is COc1cccc(CN2CCC3NCCCC3C2)c1. The molecule has 0 amide bonds. The monoisotopic (exact) mass is 260 g/mol. The largest absolute Gasteiger partial charge is 0.497 e. The van der Waals surface area contributed by atoms with Crippen molar-refractivity contribution in [1.29, 1.82) is 0 Å². The van der Waals surface area contributed by atoms with Crippen LogP contribution in [0.25, 0.3) is 0 Å². The Kier molecular flexibility index (Phi) is 4.04. The number of nitrogens with one attached hydrogen (secondary N) is 1. The predicted molar refractivity (Wildman–Crippen MR) is 77.4 cm³/mol. The van der Waals surface area contributed by atoms with Crippen LogP contribution in [0.4, 0.5) is 0 Å². The van der Waals surface area contributed by atoms with Gasteiger partial charge in [0.25, 0.3) is 0 Å². The molecule has 1 N–H and O–H groups in total. The van der Waals surface area contributed by atoms with Crippen LogP contribution in [0.2, 0.25) is 0 Å². The average molecular weight is 260 g/mol. The molecule has 0 radical (unpaired) electrons. The molecule has 0 spiro atoms. The zero-order valence-electron chi connectivity index (χ0n) is 11.8. The summed E-state index contributed by atoms with van der Waals surface area (Å²) in [5.74, 6) is 1.82. The van der Waals surface area contributed by atoms with E-state index >= 15 is 0 Å². The Bertz CT molecular complexity index is 421. The van der Waals surface area contributed by atoms with Crippen molar-refractivity contribution in [3.05, 3.63) is 29.8 Å². The minimum absolute atomic E-state index is 0.773. The summed E-state index contributed by atoms with van der Waals surface area (Å²) in [4.78, 5) is 2.60. The van der Waals surface area contributed by atoms with Crippen molar-refractivity contribution >= 4 is 0 Å². The Hall–Kier alpha value is -1.06. The summed E-state index contributed by atoms with van der Waals surface area (Å²) in [7, 11) is 1.73. The zero-order valence-corrected chi connectivity index (χ0v) is 11.8. The summed E-state index contributed by atoms with van der Waals surface area (Å²) in [6.45, 7) is 4.73. The maximum absolute atomic E-state index is 5.30. The summed E-state index contributed by atoms with van der Waals surface area (Å²) < 4.78 is 5.30. The van der Waals surface area contributed by atoms with Gasteiger partial charge in [0.2, 0.25) is 0 Å². The molecule has 3 rings (SSSR count). The quantitative estimate of drug-likeness (QED) is 0.902. The number of ether oxygens (including phenoxy) is 1. The maximum atomic E-state index is 5.30. The van der Waals surface area contributed by atoms with Gasteiger partial charge >= 0.3 is 0 Å². The van der Waals surface area contributed by atoms with Gasteiger partial charge in [-0.2, -0.15) is 0 Å². The third-order valence-electron chi connectivity index (χ3n) is 4.52. The lowest BCUT2D eigenvalue weighted by Gasteiger charge is -2.41. The average Bonchev–Trinajstić information content (AvgIpc) is 2.47. The van der Waals surface area contributed by atoms with E-state index in [0.29, 0.717) is 0 Å². The second kappa shape index (κ2) is 5.93. The fraction of sp³-hybridized carbons (Fsp3) is 0.625. The first-order valence-electron chi connectivity index (χ1n) is 7.44. The highest BCUT2D eigenvalue weighted by molar-refractivity contribution is 5.28. The van der Waals surface area contributed by atoms with Crippen molar-refractivity contribution in [3.63, 3.8) is 0 Å². The highest BCUT2D eigenvalue weighted by Gasteiger charge is 2.30. The number of nitrogens with zero attached hydrogens (tertiary/aromatic N) is 1. The van der Waals surface area contributed by atoms with Gasteiger partial charge in [-0.1, -0.05) is 12.1 Å². The molecule has 0 bridgehead atoms. The fourth-order valence-electron chi connectivity index (χ4n) is 3.49. The zero-order chi connectivity index (χ0) is 13.1. The molecule has 1 aromatic rings. The molecular formula is C16H24N2O. The molecule has 1 aromatic carbocycles. The first kappa shape index (κ1) is 12.9. The van der Waals surface area contributed by atoms with E-state index in [-0.39, 0.29) is 0 Å². The number of methoxy groups -OCH3 is 1. The normalized spacial score (nSPS) is 27.8. The van der Waals surface area contributed by atoms with Crippen molar-refractivity contribution in [3.8, 4) is 5.75 Å². The molecule has 0 aliphatic carbocycles. The highest BCUT2D eigenvalue weighted by atomic mass is 16.5. The van der Waals surface area contributed by atoms with Crippen molar-refractivity contribution in [2.45, 2.75) is 31.8 Å². The maximum Gasteiger partial charge on any atom is 0.119 e. The van der Waals surface area contributed by atoms with E-state index in [1.165, 1.54) is 44.5 Å². The van der Waals surface area contributed by atoms with Crippen LogP contribution in [-0.4, -0.2) is 37.7 Å².